The van der Waals surface area contributed by atoms with E-state index in [1.54, 1.807) is 11.3 Å². The second kappa shape index (κ2) is 4.20. The lowest BCUT2D eigenvalue weighted by Gasteiger charge is -2.22. The van der Waals surface area contributed by atoms with Gasteiger partial charge in [0.15, 0.2) is 0 Å². The minimum Gasteiger partial charge on any atom is -0.325 e. The van der Waals surface area contributed by atoms with Crippen molar-refractivity contribution in [1.29, 1.82) is 0 Å². The predicted molar refractivity (Wildman–Crippen MR) is 58.1 cm³/mol. The maximum Gasteiger partial charge on any atom is 0.0946 e. The maximum atomic E-state index is 6.14. The fourth-order valence-corrected chi connectivity index (χ4v) is 2.46. The van der Waals surface area contributed by atoms with E-state index >= 15 is 0 Å². The highest BCUT2D eigenvalue weighted by Crippen LogP contribution is 2.18. The largest absolute Gasteiger partial charge is 0.325 e. The van der Waals surface area contributed by atoms with Gasteiger partial charge < -0.3 is 5.73 Å². The van der Waals surface area contributed by atoms with Crippen molar-refractivity contribution in [2.75, 3.05) is 0 Å². The molecule has 1 atom stereocenters. The van der Waals surface area contributed by atoms with Crippen molar-refractivity contribution >= 4 is 11.3 Å². The van der Waals surface area contributed by atoms with Crippen molar-refractivity contribution in [3.05, 3.63) is 16.1 Å². The summed E-state index contributed by atoms with van der Waals surface area (Å²) in [4.78, 5) is 4.42. The van der Waals surface area contributed by atoms with Crippen LogP contribution >= 0.6 is 11.3 Å². The Morgan fingerprint density at radius 2 is 2.31 bits per heavy atom. The molecule has 0 saturated carbocycles. The summed E-state index contributed by atoms with van der Waals surface area (Å²) < 4.78 is 0. The first-order valence-electron chi connectivity index (χ1n) is 4.73. The summed E-state index contributed by atoms with van der Waals surface area (Å²) in [6.45, 7) is 6.29. The Morgan fingerprint density at radius 1 is 1.62 bits per heavy atom. The predicted octanol–water partition coefficient (Wildman–Crippen LogP) is 2.51. The minimum atomic E-state index is -0.0843. The Kier molecular flexibility index (Phi) is 3.45. The molecule has 1 aromatic heterocycles. The van der Waals surface area contributed by atoms with Gasteiger partial charge in [0.1, 0.15) is 0 Å². The number of rotatable bonds is 4. The van der Waals surface area contributed by atoms with E-state index in [2.05, 4.69) is 24.2 Å². The molecule has 74 valence electrons. The molecule has 2 N–H and O–H groups in total. The van der Waals surface area contributed by atoms with E-state index in [1.807, 2.05) is 6.92 Å². The highest BCUT2D eigenvalue weighted by Gasteiger charge is 2.19. The number of nitrogens with two attached hydrogens (primary N) is 1. The first-order chi connectivity index (χ1) is 6.03. The van der Waals surface area contributed by atoms with Crippen molar-refractivity contribution in [3.63, 3.8) is 0 Å². The molecule has 0 aliphatic carbocycles. The SMILES string of the molecule is CCCC(C)(N)Cc1nc(C)cs1. The van der Waals surface area contributed by atoms with Crippen LogP contribution in [0.5, 0.6) is 0 Å². The molecule has 0 fully saturated rings. The molecule has 3 heteroatoms. The standard InChI is InChI=1S/C10H18N2S/c1-4-5-10(3,11)6-9-12-8(2)7-13-9/h7H,4-6,11H2,1-3H3. The smallest absolute Gasteiger partial charge is 0.0946 e. The number of nitrogens with zero attached hydrogens (tertiary/aromatic N) is 1. The first-order valence-corrected chi connectivity index (χ1v) is 5.61. The van der Waals surface area contributed by atoms with Crippen molar-refractivity contribution < 1.29 is 0 Å². The van der Waals surface area contributed by atoms with Crippen LogP contribution in [0, 0.1) is 6.92 Å². The number of hydrogen-bond donors (Lipinski definition) is 1. The van der Waals surface area contributed by atoms with Gasteiger partial charge in [0, 0.05) is 23.0 Å². The molecule has 0 spiro atoms. The van der Waals surface area contributed by atoms with Crippen LogP contribution in [0.4, 0.5) is 0 Å². The summed E-state index contributed by atoms with van der Waals surface area (Å²) in [5.41, 5.74) is 7.15. The quantitative estimate of drug-likeness (QED) is 0.807. The molecule has 0 aromatic carbocycles. The lowest BCUT2D eigenvalue weighted by Crippen LogP contribution is -2.38. The normalized spacial score (nSPS) is 15.7. The third-order valence-corrected chi connectivity index (χ3v) is 3.01. The van der Waals surface area contributed by atoms with Gasteiger partial charge in [0.25, 0.3) is 0 Å². The van der Waals surface area contributed by atoms with Crippen LogP contribution in [-0.2, 0) is 6.42 Å². The van der Waals surface area contributed by atoms with Crippen LogP contribution in [0.15, 0.2) is 5.38 Å². The second-order valence-corrected chi connectivity index (χ2v) is 4.91. The van der Waals surface area contributed by atoms with Gasteiger partial charge in [-0.15, -0.1) is 11.3 Å². The average Bonchev–Trinajstić information content (AvgIpc) is 2.34. The van der Waals surface area contributed by atoms with E-state index in [0.29, 0.717) is 0 Å². The van der Waals surface area contributed by atoms with Gasteiger partial charge in [-0.05, 0) is 20.3 Å². The third kappa shape index (κ3) is 3.44. The molecule has 1 rings (SSSR count). The van der Waals surface area contributed by atoms with Gasteiger partial charge in [-0.25, -0.2) is 4.98 Å². The van der Waals surface area contributed by atoms with E-state index in [9.17, 15) is 0 Å². The minimum absolute atomic E-state index is 0.0843. The monoisotopic (exact) mass is 198 g/mol. The Labute approximate surface area is 84.2 Å². The molecule has 0 amide bonds. The third-order valence-electron chi connectivity index (χ3n) is 2.04. The Hall–Kier alpha value is -0.410. The molecule has 0 aliphatic heterocycles. The molecule has 2 nitrogen and oxygen atoms in total. The number of aryl methyl sites for hydroxylation is 1. The second-order valence-electron chi connectivity index (χ2n) is 3.96. The first kappa shape index (κ1) is 10.7. The fourth-order valence-electron chi connectivity index (χ4n) is 1.49. The van der Waals surface area contributed by atoms with Gasteiger partial charge in [-0.2, -0.15) is 0 Å². The molecular weight excluding hydrogens is 180 g/mol. The van der Waals surface area contributed by atoms with Gasteiger partial charge in [-0.3, -0.25) is 0 Å². The average molecular weight is 198 g/mol. The number of thiazole rings is 1. The highest BCUT2D eigenvalue weighted by atomic mass is 32.1. The van der Waals surface area contributed by atoms with E-state index in [4.69, 9.17) is 5.73 Å². The van der Waals surface area contributed by atoms with Crippen molar-refractivity contribution in [1.82, 2.24) is 4.98 Å². The molecule has 1 unspecified atom stereocenters. The zero-order chi connectivity index (χ0) is 9.90. The summed E-state index contributed by atoms with van der Waals surface area (Å²) >= 11 is 1.71. The molecular formula is C10H18N2S. The fraction of sp³-hybridized carbons (Fsp3) is 0.700. The Balaban J connectivity index is 2.57. The van der Waals surface area contributed by atoms with Gasteiger partial charge >= 0.3 is 0 Å². The Bertz CT molecular complexity index is 266. The van der Waals surface area contributed by atoms with Crippen molar-refractivity contribution in [3.8, 4) is 0 Å². The van der Waals surface area contributed by atoms with Crippen LogP contribution in [0.1, 0.15) is 37.4 Å². The van der Waals surface area contributed by atoms with Gasteiger partial charge in [-0.1, -0.05) is 13.3 Å². The summed E-state index contributed by atoms with van der Waals surface area (Å²) in [6, 6.07) is 0. The molecule has 0 saturated heterocycles. The topological polar surface area (TPSA) is 38.9 Å². The lowest BCUT2D eigenvalue weighted by molar-refractivity contribution is 0.424. The van der Waals surface area contributed by atoms with Crippen LogP contribution < -0.4 is 5.73 Å². The van der Waals surface area contributed by atoms with Crippen LogP contribution in [-0.4, -0.2) is 10.5 Å². The van der Waals surface area contributed by atoms with Crippen molar-refractivity contribution in [2.45, 2.75) is 45.6 Å². The van der Waals surface area contributed by atoms with Crippen LogP contribution in [0.2, 0.25) is 0 Å². The van der Waals surface area contributed by atoms with Gasteiger partial charge in [0.05, 0.1) is 5.01 Å². The van der Waals surface area contributed by atoms with Crippen LogP contribution in [0.3, 0.4) is 0 Å². The highest BCUT2D eigenvalue weighted by molar-refractivity contribution is 7.09. The van der Waals surface area contributed by atoms with E-state index in [-0.39, 0.29) is 5.54 Å². The van der Waals surface area contributed by atoms with Crippen molar-refractivity contribution in [2.24, 2.45) is 5.73 Å². The molecule has 0 bridgehead atoms. The molecule has 1 aromatic rings. The summed E-state index contributed by atoms with van der Waals surface area (Å²) in [7, 11) is 0. The molecule has 13 heavy (non-hydrogen) atoms. The van der Waals surface area contributed by atoms with E-state index in [0.717, 1.165) is 30.0 Å². The number of aromatic nitrogens is 1. The lowest BCUT2D eigenvalue weighted by atomic mass is 9.94. The zero-order valence-electron chi connectivity index (χ0n) is 8.63. The molecule has 0 aliphatic rings. The van der Waals surface area contributed by atoms with Crippen LogP contribution in [0.25, 0.3) is 0 Å². The van der Waals surface area contributed by atoms with Gasteiger partial charge in [0.2, 0.25) is 0 Å². The molecule has 0 radical (unpaired) electrons. The zero-order valence-corrected chi connectivity index (χ0v) is 9.45. The molecule has 1 heterocycles. The van der Waals surface area contributed by atoms with E-state index in [1.165, 1.54) is 0 Å². The summed E-state index contributed by atoms with van der Waals surface area (Å²) in [5.74, 6) is 0. The number of hydrogen-bond acceptors (Lipinski definition) is 3. The maximum absolute atomic E-state index is 6.14. The summed E-state index contributed by atoms with van der Waals surface area (Å²) in [5, 5.41) is 3.24. The Morgan fingerprint density at radius 3 is 2.77 bits per heavy atom. The summed E-state index contributed by atoms with van der Waals surface area (Å²) in [6.07, 6.45) is 3.10. The van der Waals surface area contributed by atoms with E-state index < -0.39 is 0 Å².